The van der Waals surface area contributed by atoms with Gasteiger partial charge in [0.05, 0.1) is 0 Å². The Kier molecular flexibility index (Phi) is 5.35. The van der Waals surface area contributed by atoms with Crippen LogP contribution in [-0.4, -0.2) is 33.1 Å². The zero-order chi connectivity index (χ0) is 13.7. The van der Waals surface area contributed by atoms with E-state index >= 15 is 0 Å². The Bertz CT molecular complexity index is 493. The van der Waals surface area contributed by atoms with Crippen LogP contribution < -0.4 is 10.1 Å². The first-order valence-corrected chi connectivity index (χ1v) is 8.98. The number of hydrazine groups is 1. The third kappa shape index (κ3) is 4.25. The molecule has 0 radical (unpaired) electrons. The molecule has 108 valence electrons. The van der Waals surface area contributed by atoms with E-state index in [1.165, 1.54) is 17.8 Å². The van der Waals surface area contributed by atoms with Crippen molar-refractivity contribution in [3.05, 3.63) is 17.0 Å². The van der Waals surface area contributed by atoms with Crippen LogP contribution in [0.5, 0.6) is 0 Å². The highest BCUT2D eigenvalue weighted by molar-refractivity contribution is 7.91. The summed E-state index contributed by atoms with van der Waals surface area (Å²) in [5.41, 5.74) is 0. The van der Waals surface area contributed by atoms with Crippen LogP contribution in [0.1, 0.15) is 31.1 Å². The summed E-state index contributed by atoms with van der Waals surface area (Å²) in [6.45, 7) is 5.24. The van der Waals surface area contributed by atoms with E-state index in [-0.39, 0.29) is 0 Å². The van der Waals surface area contributed by atoms with Crippen LogP contribution in [0.25, 0.3) is 0 Å². The molecule has 1 saturated heterocycles. The van der Waals surface area contributed by atoms with Crippen LogP contribution in [0, 0.1) is 0 Å². The van der Waals surface area contributed by atoms with E-state index in [2.05, 4.69) is 10.1 Å². The van der Waals surface area contributed by atoms with Gasteiger partial charge in [-0.25, -0.2) is 13.4 Å². The third-order valence-electron chi connectivity index (χ3n) is 3.06. The van der Waals surface area contributed by atoms with Crippen molar-refractivity contribution in [3.8, 4) is 0 Å². The van der Waals surface area contributed by atoms with Crippen LogP contribution in [0.2, 0.25) is 0 Å². The Morgan fingerprint density at radius 3 is 2.68 bits per heavy atom. The summed E-state index contributed by atoms with van der Waals surface area (Å²) in [5, 5.41) is 5.00. The molecule has 1 aromatic rings. The fraction of sp³-hybridized carbons (Fsp3) is 0.667. The molecular formula is C12H21N3O2S2. The van der Waals surface area contributed by atoms with Gasteiger partial charge in [0.1, 0.15) is 4.21 Å². The predicted molar refractivity (Wildman–Crippen MR) is 77.4 cm³/mol. The van der Waals surface area contributed by atoms with Crippen molar-refractivity contribution >= 4 is 21.4 Å². The number of nitrogens with one attached hydrogen (secondary N) is 2. The first-order chi connectivity index (χ1) is 9.12. The third-order valence-corrected chi connectivity index (χ3v) is 6.01. The standard InChI is InChI=1S/C12H21N3O2S2/c1-2-13-10-11-6-7-12(18-11)19(16,17)14-15-8-4-3-5-9-15/h6-7,13-14H,2-5,8-10H2,1H3. The highest BCUT2D eigenvalue weighted by Crippen LogP contribution is 2.22. The van der Waals surface area contributed by atoms with Crippen molar-refractivity contribution in [2.75, 3.05) is 19.6 Å². The normalized spacial score (nSPS) is 17.7. The fourth-order valence-electron chi connectivity index (χ4n) is 2.05. The molecule has 0 unspecified atom stereocenters. The second-order valence-corrected chi connectivity index (χ2v) is 7.70. The SMILES string of the molecule is CCNCc1ccc(S(=O)(=O)NN2CCCCC2)s1. The molecule has 0 aliphatic carbocycles. The maximum absolute atomic E-state index is 12.2. The monoisotopic (exact) mass is 303 g/mol. The number of piperidine rings is 1. The molecule has 0 spiro atoms. The van der Waals surface area contributed by atoms with Crippen LogP contribution in [0.15, 0.2) is 16.3 Å². The first-order valence-electron chi connectivity index (χ1n) is 6.68. The Labute approximate surface area is 119 Å². The zero-order valence-electron chi connectivity index (χ0n) is 11.2. The first kappa shape index (κ1) is 14.9. The van der Waals surface area contributed by atoms with Crippen molar-refractivity contribution in [1.29, 1.82) is 0 Å². The summed E-state index contributed by atoms with van der Waals surface area (Å²) in [4.78, 5) is 3.72. The molecule has 1 aromatic heterocycles. The molecule has 0 amide bonds. The molecule has 19 heavy (non-hydrogen) atoms. The molecule has 0 atom stereocenters. The minimum atomic E-state index is -3.40. The van der Waals surface area contributed by atoms with Gasteiger partial charge in [-0.2, -0.15) is 0 Å². The summed E-state index contributed by atoms with van der Waals surface area (Å²) >= 11 is 1.33. The number of rotatable bonds is 6. The van der Waals surface area contributed by atoms with Gasteiger partial charge in [-0.05, 0) is 31.5 Å². The maximum Gasteiger partial charge on any atom is 0.262 e. The van der Waals surface area contributed by atoms with Gasteiger partial charge in [-0.15, -0.1) is 16.2 Å². The number of nitrogens with zero attached hydrogens (tertiary/aromatic N) is 1. The molecule has 0 aromatic carbocycles. The lowest BCUT2D eigenvalue weighted by Gasteiger charge is -2.26. The number of hydrogen-bond donors (Lipinski definition) is 2. The minimum absolute atomic E-state index is 0.394. The highest BCUT2D eigenvalue weighted by Gasteiger charge is 2.21. The number of sulfonamides is 1. The molecule has 5 nitrogen and oxygen atoms in total. The summed E-state index contributed by atoms with van der Waals surface area (Å²) in [7, 11) is -3.40. The van der Waals surface area contributed by atoms with Crippen molar-refractivity contribution in [2.24, 2.45) is 0 Å². The van der Waals surface area contributed by atoms with E-state index in [0.717, 1.165) is 43.9 Å². The molecule has 1 fully saturated rings. The van der Waals surface area contributed by atoms with E-state index in [4.69, 9.17) is 0 Å². The van der Waals surface area contributed by atoms with Crippen LogP contribution in [0.3, 0.4) is 0 Å². The Morgan fingerprint density at radius 1 is 1.26 bits per heavy atom. The van der Waals surface area contributed by atoms with Gasteiger partial charge in [0.15, 0.2) is 0 Å². The quantitative estimate of drug-likeness (QED) is 0.837. The van der Waals surface area contributed by atoms with Crippen molar-refractivity contribution in [1.82, 2.24) is 15.2 Å². The number of thiophene rings is 1. The van der Waals surface area contributed by atoms with Gasteiger partial charge in [-0.1, -0.05) is 13.3 Å². The maximum atomic E-state index is 12.2. The summed E-state index contributed by atoms with van der Waals surface area (Å²) in [6, 6.07) is 3.56. The molecule has 0 saturated carbocycles. The van der Waals surface area contributed by atoms with Gasteiger partial charge in [-0.3, -0.25) is 0 Å². The minimum Gasteiger partial charge on any atom is -0.312 e. The second-order valence-electron chi connectivity index (χ2n) is 4.64. The van der Waals surface area contributed by atoms with Gasteiger partial charge in [0.2, 0.25) is 0 Å². The van der Waals surface area contributed by atoms with Gasteiger partial charge in [0, 0.05) is 24.5 Å². The van der Waals surface area contributed by atoms with Crippen LogP contribution in [0.4, 0.5) is 0 Å². The average Bonchev–Trinajstić information content (AvgIpc) is 2.86. The molecule has 2 heterocycles. The van der Waals surface area contributed by atoms with Gasteiger partial charge < -0.3 is 5.32 Å². The van der Waals surface area contributed by atoms with E-state index < -0.39 is 10.0 Å². The lowest BCUT2D eigenvalue weighted by molar-refractivity contribution is 0.200. The smallest absolute Gasteiger partial charge is 0.262 e. The van der Waals surface area contributed by atoms with Crippen molar-refractivity contribution in [3.63, 3.8) is 0 Å². The molecule has 1 aliphatic rings. The Morgan fingerprint density at radius 2 is 2.00 bits per heavy atom. The highest BCUT2D eigenvalue weighted by atomic mass is 32.2. The lowest BCUT2D eigenvalue weighted by Crippen LogP contribution is -2.44. The largest absolute Gasteiger partial charge is 0.312 e. The van der Waals surface area contributed by atoms with Crippen LogP contribution in [-0.2, 0) is 16.6 Å². The topological polar surface area (TPSA) is 61.4 Å². The summed E-state index contributed by atoms with van der Waals surface area (Å²) in [5.74, 6) is 0. The predicted octanol–water partition coefficient (Wildman–Crippen LogP) is 1.54. The van der Waals surface area contributed by atoms with Crippen LogP contribution >= 0.6 is 11.3 Å². The fourth-order valence-corrected chi connectivity index (χ4v) is 4.48. The van der Waals surface area contributed by atoms with E-state index in [9.17, 15) is 8.42 Å². The average molecular weight is 303 g/mol. The van der Waals surface area contributed by atoms with Crippen molar-refractivity contribution < 1.29 is 8.42 Å². The van der Waals surface area contributed by atoms with Gasteiger partial charge >= 0.3 is 0 Å². The lowest BCUT2D eigenvalue weighted by atomic mass is 10.2. The molecular weight excluding hydrogens is 282 g/mol. The molecule has 7 heteroatoms. The molecule has 2 rings (SSSR count). The van der Waals surface area contributed by atoms with Crippen molar-refractivity contribution in [2.45, 2.75) is 36.9 Å². The second kappa shape index (κ2) is 6.81. The Balaban J connectivity index is 1.99. The van der Waals surface area contributed by atoms with E-state index in [1.807, 2.05) is 18.0 Å². The summed E-state index contributed by atoms with van der Waals surface area (Å²) < 4.78 is 24.8. The van der Waals surface area contributed by atoms with E-state index in [1.54, 1.807) is 6.07 Å². The molecule has 2 N–H and O–H groups in total. The number of hydrogen-bond acceptors (Lipinski definition) is 5. The molecule has 0 bridgehead atoms. The Hall–Kier alpha value is -0.470. The summed E-state index contributed by atoms with van der Waals surface area (Å²) in [6.07, 6.45) is 3.29. The van der Waals surface area contributed by atoms with Gasteiger partial charge in [0.25, 0.3) is 10.0 Å². The molecule has 1 aliphatic heterocycles. The zero-order valence-corrected chi connectivity index (χ0v) is 12.8. The van der Waals surface area contributed by atoms with E-state index in [0.29, 0.717) is 4.21 Å².